The Labute approximate surface area is 166 Å². The minimum absolute atomic E-state index is 0.100. The highest BCUT2D eigenvalue weighted by Gasteiger charge is 2.22. The predicted octanol–water partition coefficient (Wildman–Crippen LogP) is 4.02. The van der Waals surface area contributed by atoms with Gasteiger partial charge in [0.25, 0.3) is 0 Å². The van der Waals surface area contributed by atoms with Crippen molar-refractivity contribution >= 4 is 17.7 Å². The van der Waals surface area contributed by atoms with Gasteiger partial charge in [0.1, 0.15) is 11.5 Å². The van der Waals surface area contributed by atoms with Gasteiger partial charge >= 0.3 is 0 Å². The maximum atomic E-state index is 5.78. The van der Waals surface area contributed by atoms with Gasteiger partial charge in [0, 0.05) is 29.7 Å². The number of benzene rings is 1. The lowest BCUT2D eigenvalue weighted by Crippen LogP contribution is -2.42. The largest absolute Gasteiger partial charge is 0.493 e. The van der Waals surface area contributed by atoms with Crippen molar-refractivity contribution in [1.29, 1.82) is 0 Å². The molecule has 0 aliphatic carbocycles. The van der Waals surface area contributed by atoms with Gasteiger partial charge in [-0.05, 0) is 38.3 Å². The lowest BCUT2D eigenvalue weighted by atomic mass is 10.0. The molecule has 3 rings (SSSR count). The molecular weight excluding hydrogens is 358 g/mol. The Kier molecular flexibility index (Phi) is 6.72. The number of nitrogens with one attached hydrogen (secondary N) is 2. The maximum absolute atomic E-state index is 5.78. The van der Waals surface area contributed by atoms with E-state index in [4.69, 9.17) is 14.1 Å². The summed E-state index contributed by atoms with van der Waals surface area (Å²) in [7, 11) is 0. The van der Waals surface area contributed by atoms with E-state index in [2.05, 4.69) is 42.9 Å². The Morgan fingerprint density at radius 2 is 2.11 bits per heavy atom. The second kappa shape index (κ2) is 9.22. The van der Waals surface area contributed by atoms with E-state index in [9.17, 15) is 0 Å². The molecule has 1 unspecified atom stereocenters. The van der Waals surface area contributed by atoms with Crippen LogP contribution in [-0.4, -0.2) is 36.7 Å². The van der Waals surface area contributed by atoms with Gasteiger partial charge in [-0.25, -0.2) is 0 Å². The summed E-state index contributed by atoms with van der Waals surface area (Å²) in [5.41, 5.74) is 1.19. The number of fused-ring (bicyclic) bond motifs is 1. The first kappa shape index (κ1) is 19.7. The number of furan rings is 1. The number of para-hydroxylation sites is 1. The van der Waals surface area contributed by atoms with Crippen LogP contribution >= 0.6 is 11.8 Å². The number of rotatable bonds is 7. The van der Waals surface area contributed by atoms with Crippen molar-refractivity contribution < 1.29 is 9.15 Å². The van der Waals surface area contributed by atoms with Gasteiger partial charge in [0.15, 0.2) is 5.96 Å². The average molecular weight is 388 g/mol. The van der Waals surface area contributed by atoms with Crippen LogP contribution in [0, 0.1) is 0 Å². The van der Waals surface area contributed by atoms with E-state index in [1.807, 2.05) is 36.0 Å². The number of thioether (sulfide) groups is 1. The summed E-state index contributed by atoms with van der Waals surface area (Å²) >= 11 is 1.83. The molecule has 0 amide bonds. The molecule has 146 valence electrons. The Morgan fingerprint density at radius 3 is 2.89 bits per heavy atom. The van der Waals surface area contributed by atoms with Crippen molar-refractivity contribution in [2.75, 3.05) is 26.0 Å². The second-order valence-corrected chi connectivity index (χ2v) is 8.77. The van der Waals surface area contributed by atoms with Crippen LogP contribution in [0.25, 0.3) is 0 Å². The first-order valence-corrected chi connectivity index (χ1v) is 10.6. The van der Waals surface area contributed by atoms with Crippen molar-refractivity contribution in [3.05, 3.63) is 54.0 Å². The highest BCUT2D eigenvalue weighted by Crippen LogP contribution is 2.31. The summed E-state index contributed by atoms with van der Waals surface area (Å²) in [5, 5.41) is 7.07. The lowest BCUT2D eigenvalue weighted by molar-refractivity contribution is 0.261. The second-order valence-electron chi connectivity index (χ2n) is 7.26. The fourth-order valence-electron chi connectivity index (χ4n) is 2.90. The zero-order valence-corrected chi connectivity index (χ0v) is 17.1. The summed E-state index contributed by atoms with van der Waals surface area (Å²) in [6.07, 6.45) is 5.58. The summed E-state index contributed by atoms with van der Waals surface area (Å²) in [5.74, 6) is 2.77. The van der Waals surface area contributed by atoms with E-state index in [1.54, 1.807) is 6.26 Å². The van der Waals surface area contributed by atoms with Crippen LogP contribution < -0.4 is 15.4 Å². The molecule has 0 saturated carbocycles. The van der Waals surface area contributed by atoms with Crippen molar-refractivity contribution in [2.45, 2.75) is 37.5 Å². The fraction of sp³-hybridized carbons (Fsp3) is 0.476. The molecule has 1 atom stereocenters. The Balaban J connectivity index is 1.68. The van der Waals surface area contributed by atoms with Crippen molar-refractivity contribution in [3.8, 4) is 5.75 Å². The molecule has 2 aromatic rings. The molecule has 1 aromatic carbocycles. The van der Waals surface area contributed by atoms with Crippen LogP contribution in [0.2, 0.25) is 0 Å². The highest BCUT2D eigenvalue weighted by molar-refractivity contribution is 7.99. The van der Waals surface area contributed by atoms with Crippen LogP contribution in [-0.2, 0) is 6.42 Å². The Bertz CT molecular complexity index is 744. The van der Waals surface area contributed by atoms with Crippen molar-refractivity contribution in [1.82, 2.24) is 10.6 Å². The molecule has 1 aliphatic heterocycles. The van der Waals surface area contributed by atoms with Crippen LogP contribution in [0.4, 0.5) is 0 Å². The number of hydrogen-bond donors (Lipinski definition) is 2. The van der Waals surface area contributed by atoms with E-state index in [0.29, 0.717) is 6.61 Å². The first-order chi connectivity index (χ1) is 13.1. The number of aliphatic imine (C=N–C) groups is 1. The molecule has 27 heavy (non-hydrogen) atoms. The SMILES string of the molecule is CSC(C)(C)CN=C(NCCc1ccco1)NC1CCOc2ccccc21. The molecule has 0 bridgehead atoms. The Morgan fingerprint density at radius 1 is 1.26 bits per heavy atom. The number of nitrogens with zero attached hydrogens (tertiary/aromatic N) is 1. The van der Waals surface area contributed by atoms with Crippen LogP contribution in [0.5, 0.6) is 5.75 Å². The van der Waals surface area contributed by atoms with Gasteiger partial charge in [-0.2, -0.15) is 11.8 Å². The third-order valence-corrected chi connectivity index (χ3v) is 5.92. The zero-order chi connectivity index (χ0) is 19.1. The lowest BCUT2D eigenvalue weighted by Gasteiger charge is -2.28. The van der Waals surface area contributed by atoms with Gasteiger partial charge in [0.2, 0.25) is 0 Å². The van der Waals surface area contributed by atoms with E-state index >= 15 is 0 Å². The van der Waals surface area contributed by atoms with E-state index in [1.165, 1.54) is 5.56 Å². The van der Waals surface area contributed by atoms with E-state index < -0.39 is 0 Å². The molecular formula is C21H29N3O2S. The molecule has 1 aromatic heterocycles. The highest BCUT2D eigenvalue weighted by atomic mass is 32.2. The molecule has 0 saturated heterocycles. The predicted molar refractivity (Wildman–Crippen MR) is 113 cm³/mol. The summed E-state index contributed by atoms with van der Waals surface area (Å²) in [6, 6.07) is 12.3. The summed E-state index contributed by atoms with van der Waals surface area (Å²) < 4.78 is 11.3. The number of guanidine groups is 1. The molecule has 1 aliphatic rings. The topological polar surface area (TPSA) is 58.8 Å². The van der Waals surface area contributed by atoms with Crippen LogP contribution in [0.15, 0.2) is 52.1 Å². The van der Waals surface area contributed by atoms with Crippen LogP contribution in [0.3, 0.4) is 0 Å². The Hall–Kier alpha value is -2.08. The minimum Gasteiger partial charge on any atom is -0.493 e. The summed E-state index contributed by atoms with van der Waals surface area (Å²) in [6.45, 7) is 6.65. The van der Waals surface area contributed by atoms with Crippen LogP contribution in [0.1, 0.15) is 37.6 Å². The van der Waals surface area contributed by atoms with E-state index in [-0.39, 0.29) is 10.8 Å². The normalized spacial score (nSPS) is 17.1. The van der Waals surface area contributed by atoms with Crippen molar-refractivity contribution in [3.63, 3.8) is 0 Å². The molecule has 0 spiro atoms. The molecule has 2 N–H and O–H groups in total. The number of hydrogen-bond acceptors (Lipinski definition) is 4. The quantitative estimate of drug-likeness (QED) is 0.555. The third-order valence-electron chi connectivity index (χ3n) is 4.68. The molecule has 2 heterocycles. The average Bonchev–Trinajstić information content (AvgIpc) is 3.20. The smallest absolute Gasteiger partial charge is 0.191 e. The molecule has 0 radical (unpaired) electrons. The van der Waals surface area contributed by atoms with Gasteiger partial charge in [0.05, 0.1) is 25.5 Å². The monoisotopic (exact) mass is 387 g/mol. The van der Waals surface area contributed by atoms with Crippen molar-refractivity contribution in [2.24, 2.45) is 4.99 Å². The summed E-state index contributed by atoms with van der Waals surface area (Å²) in [4.78, 5) is 4.85. The van der Waals surface area contributed by atoms with Gasteiger partial charge in [-0.1, -0.05) is 18.2 Å². The maximum Gasteiger partial charge on any atom is 0.191 e. The standard InChI is InChI=1S/C21H29N3O2S/c1-21(2,27-3)15-23-20(22-12-10-16-7-6-13-25-16)24-18-11-14-26-19-9-5-4-8-17(18)19/h4-9,13,18H,10-12,14-15H2,1-3H3,(H2,22,23,24). The fourth-order valence-corrected chi connectivity index (χ4v) is 3.10. The first-order valence-electron chi connectivity index (χ1n) is 9.41. The van der Waals surface area contributed by atoms with E-state index in [0.717, 1.165) is 43.4 Å². The van der Waals surface area contributed by atoms with Gasteiger partial charge in [-0.15, -0.1) is 0 Å². The third kappa shape index (κ3) is 5.70. The molecule has 5 nitrogen and oxygen atoms in total. The van der Waals surface area contributed by atoms with Gasteiger partial charge in [-0.3, -0.25) is 4.99 Å². The zero-order valence-electron chi connectivity index (χ0n) is 16.3. The molecule has 6 heteroatoms. The minimum atomic E-state index is 0.100. The number of ether oxygens (including phenoxy) is 1. The molecule has 0 fully saturated rings. The van der Waals surface area contributed by atoms with Gasteiger partial charge < -0.3 is 19.8 Å².